The van der Waals surface area contributed by atoms with Crippen molar-refractivity contribution in [2.75, 3.05) is 10.7 Å². The highest BCUT2D eigenvalue weighted by Gasteiger charge is 2.27. The van der Waals surface area contributed by atoms with Crippen LogP contribution in [0, 0.1) is 0 Å². The summed E-state index contributed by atoms with van der Waals surface area (Å²) in [5, 5.41) is 1.28. The fraction of sp³-hybridized carbons (Fsp3) is 0.0909. The van der Waals surface area contributed by atoms with Crippen molar-refractivity contribution < 1.29 is 13.2 Å². The van der Waals surface area contributed by atoms with Crippen LogP contribution in [0.25, 0.3) is 10.2 Å². The fourth-order valence-electron chi connectivity index (χ4n) is 3.01. The van der Waals surface area contributed by atoms with Gasteiger partial charge < -0.3 is 0 Å². The first-order valence-electron chi connectivity index (χ1n) is 9.21. The molecule has 158 valence electrons. The maximum atomic E-state index is 13.2. The highest BCUT2D eigenvalue weighted by Crippen LogP contribution is 2.33. The predicted octanol–water partition coefficient (Wildman–Crippen LogP) is 5.61. The summed E-state index contributed by atoms with van der Waals surface area (Å²) >= 11 is 13.4. The molecule has 0 N–H and O–H groups in total. The van der Waals surface area contributed by atoms with Gasteiger partial charge in [-0.3, -0.25) is 9.69 Å². The van der Waals surface area contributed by atoms with Crippen molar-refractivity contribution in [3.63, 3.8) is 0 Å². The quantitative estimate of drug-likeness (QED) is 0.352. The van der Waals surface area contributed by atoms with Gasteiger partial charge in [-0.05, 0) is 42.0 Å². The van der Waals surface area contributed by atoms with E-state index in [2.05, 4.69) is 4.98 Å². The van der Waals surface area contributed by atoms with Gasteiger partial charge in [-0.2, -0.15) is 0 Å². The van der Waals surface area contributed by atoms with E-state index in [4.69, 9.17) is 23.2 Å². The Kier molecular flexibility index (Phi) is 6.29. The summed E-state index contributed by atoms with van der Waals surface area (Å²) in [5.74, 6) is -1.26. The van der Waals surface area contributed by atoms with Crippen LogP contribution in [0.15, 0.2) is 77.7 Å². The Bertz CT molecular complexity index is 1340. The Morgan fingerprint density at radius 1 is 0.935 bits per heavy atom. The Morgan fingerprint density at radius 2 is 1.65 bits per heavy atom. The van der Waals surface area contributed by atoms with Crippen LogP contribution in [0.5, 0.6) is 0 Å². The van der Waals surface area contributed by atoms with Gasteiger partial charge in [-0.1, -0.05) is 70.9 Å². The van der Waals surface area contributed by atoms with E-state index in [0.29, 0.717) is 20.7 Å². The molecular formula is C22H16Cl2N2O3S2. The summed E-state index contributed by atoms with van der Waals surface area (Å²) in [6.07, 6.45) is 0. The zero-order valence-corrected chi connectivity index (χ0v) is 19.2. The van der Waals surface area contributed by atoms with Gasteiger partial charge in [0.05, 0.1) is 21.2 Å². The number of fused-ring (bicyclic) bond motifs is 1. The fourth-order valence-corrected chi connectivity index (χ4v) is 5.62. The van der Waals surface area contributed by atoms with Gasteiger partial charge >= 0.3 is 0 Å². The van der Waals surface area contributed by atoms with E-state index in [0.717, 1.165) is 10.3 Å². The van der Waals surface area contributed by atoms with Crippen LogP contribution in [0.1, 0.15) is 5.56 Å². The number of aromatic nitrogens is 1. The van der Waals surface area contributed by atoms with Gasteiger partial charge in [0, 0.05) is 5.02 Å². The van der Waals surface area contributed by atoms with E-state index < -0.39 is 21.5 Å². The largest absolute Gasteiger partial charge is 0.283 e. The molecule has 0 saturated carbocycles. The highest BCUT2D eigenvalue weighted by molar-refractivity contribution is 7.92. The molecule has 5 nitrogen and oxygen atoms in total. The number of amides is 1. The SMILES string of the molecule is O=C(CS(=O)(=O)c1ccc(Cl)cc1)N(Cc1ccccc1)c1nc2c(Cl)cccc2s1. The molecule has 31 heavy (non-hydrogen) atoms. The third-order valence-corrected chi connectivity index (χ3v) is 7.78. The van der Waals surface area contributed by atoms with Gasteiger partial charge in [0.1, 0.15) is 11.3 Å². The summed E-state index contributed by atoms with van der Waals surface area (Å²) in [6.45, 7) is 0.188. The second-order valence-corrected chi connectivity index (χ2v) is 10.6. The molecule has 0 atom stereocenters. The standard InChI is InChI=1S/C22H16Cl2N2O3S2/c23-16-9-11-17(12-10-16)31(28,29)14-20(27)26(13-15-5-2-1-3-6-15)22-25-21-18(24)7-4-8-19(21)30-22/h1-12H,13-14H2. The van der Waals surface area contributed by atoms with Crippen molar-refractivity contribution in [3.05, 3.63) is 88.4 Å². The number of halogens is 2. The van der Waals surface area contributed by atoms with Crippen molar-refractivity contribution in [2.24, 2.45) is 0 Å². The molecule has 0 aliphatic heterocycles. The van der Waals surface area contributed by atoms with Crippen molar-refractivity contribution in [1.29, 1.82) is 0 Å². The zero-order chi connectivity index (χ0) is 22.0. The van der Waals surface area contributed by atoms with Gasteiger partial charge in [0.25, 0.3) is 0 Å². The first-order chi connectivity index (χ1) is 14.8. The molecule has 0 spiro atoms. The molecule has 0 fully saturated rings. The second-order valence-electron chi connectivity index (χ2n) is 6.76. The lowest BCUT2D eigenvalue weighted by Gasteiger charge is -2.20. The first-order valence-corrected chi connectivity index (χ1v) is 12.4. The molecule has 1 aromatic heterocycles. The number of anilines is 1. The molecule has 0 aliphatic carbocycles. The van der Waals surface area contributed by atoms with Gasteiger partial charge in [0.15, 0.2) is 15.0 Å². The number of thiazole rings is 1. The summed E-state index contributed by atoms with van der Waals surface area (Å²) in [6, 6.07) is 20.5. The van der Waals surface area contributed by atoms with Crippen LogP contribution >= 0.6 is 34.5 Å². The number of carbonyl (C=O) groups excluding carboxylic acids is 1. The van der Waals surface area contributed by atoms with Gasteiger partial charge in [-0.15, -0.1) is 0 Å². The minimum atomic E-state index is -3.86. The van der Waals surface area contributed by atoms with E-state index in [-0.39, 0.29) is 11.4 Å². The lowest BCUT2D eigenvalue weighted by atomic mass is 10.2. The van der Waals surface area contributed by atoms with Crippen molar-refractivity contribution in [3.8, 4) is 0 Å². The highest BCUT2D eigenvalue weighted by atomic mass is 35.5. The third kappa shape index (κ3) is 4.91. The summed E-state index contributed by atoms with van der Waals surface area (Å²) in [4.78, 5) is 19.2. The maximum absolute atomic E-state index is 13.2. The Labute approximate surface area is 193 Å². The summed E-state index contributed by atoms with van der Waals surface area (Å²) in [5.41, 5.74) is 1.43. The Hall–Kier alpha value is -2.45. The molecule has 0 unspecified atom stereocenters. The number of sulfone groups is 1. The number of hydrogen-bond donors (Lipinski definition) is 0. The Balaban J connectivity index is 1.70. The zero-order valence-electron chi connectivity index (χ0n) is 16.0. The smallest absolute Gasteiger partial charge is 0.244 e. The third-order valence-electron chi connectivity index (χ3n) is 4.56. The minimum Gasteiger partial charge on any atom is -0.283 e. The Morgan fingerprint density at radius 3 is 2.32 bits per heavy atom. The molecule has 1 heterocycles. The van der Waals surface area contributed by atoms with E-state index in [1.165, 1.54) is 40.5 Å². The lowest BCUT2D eigenvalue weighted by molar-refractivity contribution is -0.116. The number of rotatable bonds is 6. The summed E-state index contributed by atoms with van der Waals surface area (Å²) in [7, 11) is -3.86. The van der Waals surface area contributed by atoms with E-state index in [9.17, 15) is 13.2 Å². The first kappa shape index (κ1) is 21.8. The van der Waals surface area contributed by atoms with Crippen LogP contribution < -0.4 is 4.90 Å². The normalized spacial score (nSPS) is 11.5. The topological polar surface area (TPSA) is 67.3 Å². The average molecular weight is 491 g/mol. The lowest BCUT2D eigenvalue weighted by Crippen LogP contribution is -2.35. The second kappa shape index (κ2) is 8.96. The van der Waals surface area contributed by atoms with Crippen LogP contribution in [0.4, 0.5) is 5.13 Å². The molecule has 9 heteroatoms. The van der Waals surface area contributed by atoms with Crippen LogP contribution in [0.2, 0.25) is 10.0 Å². The number of para-hydroxylation sites is 1. The van der Waals surface area contributed by atoms with Crippen molar-refractivity contribution in [1.82, 2.24) is 4.98 Å². The molecule has 3 aromatic carbocycles. The maximum Gasteiger partial charge on any atom is 0.244 e. The molecule has 0 radical (unpaired) electrons. The predicted molar refractivity (Wildman–Crippen MR) is 126 cm³/mol. The molecule has 0 aliphatic rings. The molecular weight excluding hydrogens is 475 g/mol. The van der Waals surface area contributed by atoms with E-state index >= 15 is 0 Å². The van der Waals surface area contributed by atoms with Crippen molar-refractivity contribution in [2.45, 2.75) is 11.4 Å². The molecule has 4 aromatic rings. The number of benzene rings is 3. The van der Waals surface area contributed by atoms with E-state index in [1.54, 1.807) is 12.1 Å². The monoisotopic (exact) mass is 490 g/mol. The van der Waals surface area contributed by atoms with Gasteiger partial charge in [-0.25, -0.2) is 13.4 Å². The number of carbonyl (C=O) groups is 1. The molecule has 0 saturated heterocycles. The van der Waals surface area contributed by atoms with Crippen molar-refractivity contribution >= 4 is 65.6 Å². The van der Waals surface area contributed by atoms with E-state index in [1.807, 2.05) is 36.4 Å². The van der Waals surface area contributed by atoms with Crippen LogP contribution in [-0.2, 0) is 21.2 Å². The average Bonchev–Trinajstić information content (AvgIpc) is 3.18. The number of hydrogen-bond acceptors (Lipinski definition) is 5. The van der Waals surface area contributed by atoms with Gasteiger partial charge in [0.2, 0.25) is 5.91 Å². The summed E-state index contributed by atoms with van der Waals surface area (Å²) < 4.78 is 26.5. The van der Waals surface area contributed by atoms with Crippen LogP contribution in [-0.4, -0.2) is 25.1 Å². The molecule has 1 amide bonds. The number of nitrogens with zero attached hydrogens (tertiary/aromatic N) is 2. The van der Waals surface area contributed by atoms with Crippen LogP contribution in [0.3, 0.4) is 0 Å². The molecule has 0 bridgehead atoms. The molecule has 4 rings (SSSR count). The minimum absolute atomic E-state index is 0.0391.